The molecular weight excluding hydrogens is 186 g/mol. The van der Waals surface area contributed by atoms with Crippen molar-refractivity contribution in [1.29, 1.82) is 0 Å². The molecule has 1 unspecified atom stereocenters. The van der Waals surface area contributed by atoms with Crippen molar-refractivity contribution in [1.82, 2.24) is 0 Å². The quantitative estimate of drug-likeness (QED) is 0.558. The molecule has 0 radical (unpaired) electrons. The number of unbranched alkanes of at least 4 members (excludes halogenated alkanes) is 1. The monoisotopic (exact) mass is 198 g/mol. The van der Waals surface area contributed by atoms with Gasteiger partial charge in [0.15, 0.2) is 11.2 Å². The van der Waals surface area contributed by atoms with Crippen LogP contribution in [0.2, 0.25) is 0 Å². The minimum Gasteiger partial charge on any atom is -0.435 e. The lowest BCUT2D eigenvalue weighted by atomic mass is 10.3. The van der Waals surface area contributed by atoms with Gasteiger partial charge in [0.1, 0.15) is 6.54 Å². The van der Waals surface area contributed by atoms with Crippen LogP contribution in [0.1, 0.15) is 19.8 Å². The molecule has 0 aliphatic rings. The Morgan fingerprint density at radius 1 is 1.73 bits per heavy atom. The zero-order chi connectivity index (χ0) is 8.91. The van der Waals surface area contributed by atoms with Gasteiger partial charge in [-0.15, -0.1) is 0 Å². The van der Waals surface area contributed by atoms with E-state index >= 15 is 0 Å². The lowest BCUT2D eigenvalue weighted by Crippen LogP contribution is -2.41. The predicted molar refractivity (Wildman–Crippen MR) is 47.4 cm³/mol. The second-order valence-corrected chi connectivity index (χ2v) is 3.89. The molecule has 0 aliphatic heterocycles. The Bertz CT molecular complexity index is 145. The van der Waals surface area contributed by atoms with Crippen LogP contribution in [-0.2, 0) is 0 Å². The highest BCUT2D eigenvalue weighted by Gasteiger charge is 2.32. The lowest BCUT2D eigenvalue weighted by Gasteiger charge is -2.21. The number of hydrogen-bond donors (Lipinski definition) is 1. The number of halogens is 1. The van der Waals surface area contributed by atoms with Gasteiger partial charge in [-0.3, -0.25) is 0 Å². The Kier molecular flexibility index (Phi) is 4.88. The topological polar surface area (TPSA) is 37.3 Å². The first-order chi connectivity index (χ1) is 5.06. The van der Waals surface area contributed by atoms with Crippen molar-refractivity contribution in [2.45, 2.75) is 19.8 Å². The van der Waals surface area contributed by atoms with Crippen LogP contribution in [0.3, 0.4) is 0 Å². The van der Waals surface area contributed by atoms with Gasteiger partial charge in [0.2, 0.25) is 0 Å². The molecule has 1 N–H and O–H groups in total. The molecule has 0 saturated heterocycles. The van der Waals surface area contributed by atoms with Crippen LogP contribution in [0, 0.1) is 0 Å². The largest absolute Gasteiger partial charge is 0.526 e. The van der Waals surface area contributed by atoms with Crippen molar-refractivity contribution in [2.75, 3.05) is 13.6 Å². The van der Waals surface area contributed by atoms with Crippen molar-refractivity contribution in [3.8, 4) is 0 Å². The van der Waals surface area contributed by atoms with Crippen LogP contribution < -0.4 is 0 Å². The molecule has 11 heavy (non-hydrogen) atoms. The smallest absolute Gasteiger partial charge is 0.435 e. The Labute approximate surface area is 75.6 Å². The van der Waals surface area contributed by atoms with Crippen molar-refractivity contribution in [2.24, 2.45) is 0 Å². The maximum absolute atomic E-state index is 10.6. The van der Waals surface area contributed by atoms with Crippen LogP contribution in [0.5, 0.6) is 0 Å². The molecule has 0 bridgehead atoms. The Morgan fingerprint density at radius 2 is 2.27 bits per heavy atom. The maximum Gasteiger partial charge on any atom is 0.526 e. The lowest BCUT2D eigenvalue weighted by molar-refractivity contribution is -0.693. The van der Waals surface area contributed by atoms with Crippen LogP contribution >= 0.6 is 21.8 Å². The molecule has 66 valence electrons. The van der Waals surface area contributed by atoms with E-state index in [2.05, 4.69) is 0 Å². The minimum absolute atomic E-state index is 0.171. The van der Waals surface area contributed by atoms with Gasteiger partial charge >= 0.3 is 6.09 Å². The number of rotatable bonds is 4. The van der Waals surface area contributed by atoms with Crippen molar-refractivity contribution < 1.29 is 13.8 Å². The number of amides is 1. The van der Waals surface area contributed by atoms with E-state index in [-0.39, 0.29) is 3.89 Å². The number of carbonyl (C=O) groups is 1. The fourth-order valence-corrected chi connectivity index (χ4v) is 1.26. The number of carboxylic acid groups (broad SMARTS) is 1. The Balaban J connectivity index is 3.99. The van der Waals surface area contributed by atoms with Gasteiger partial charge in [-0.2, -0.15) is 8.68 Å². The molecule has 0 heterocycles. The molecule has 3 nitrogen and oxygen atoms in total. The Morgan fingerprint density at radius 3 is 2.55 bits per heavy atom. The number of nitrogens with zero attached hydrogens (tertiary/aromatic N) is 1. The zero-order valence-electron chi connectivity index (χ0n) is 6.71. The Hall–Kier alpha value is 0.0700. The van der Waals surface area contributed by atoms with Gasteiger partial charge < -0.3 is 5.11 Å². The zero-order valence-corrected chi connectivity index (χ0v) is 8.28. The van der Waals surface area contributed by atoms with Crippen LogP contribution in [0.15, 0.2) is 0 Å². The summed E-state index contributed by atoms with van der Waals surface area (Å²) in [5, 5.41) is 8.73. The van der Waals surface area contributed by atoms with Gasteiger partial charge in [0.25, 0.3) is 0 Å². The maximum atomic E-state index is 10.6. The van der Waals surface area contributed by atoms with E-state index in [9.17, 15) is 4.79 Å². The summed E-state index contributed by atoms with van der Waals surface area (Å²) in [5.41, 5.74) is 0. The fraction of sp³-hybridized carbons (Fsp3) is 0.833. The van der Waals surface area contributed by atoms with Crippen LogP contribution in [0.25, 0.3) is 0 Å². The van der Waals surface area contributed by atoms with E-state index < -0.39 is 6.09 Å². The molecule has 0 saturated carbocycles. The average Bonchev–Trinajstić information content (AvgIpc) is 2.00. The molecule has 0 spiro atoms. The average molecular weight is 199 g/mol. The van der Waals surface area contributed by atoms with Gasteiger partial charge in [0.05, 0.1) is 7.05 Å². The minimum atomic E-state index is -0.890. The van der Waals surface area contributed by atoms with E-state index in [1.165, 1.54) is 0 Å². The summed E-state index contributed by atoms with van der Waals surface area (Å²) in [7, 11) is 7.04. The van der Waals surface area contributed by atoms with E-state index in [4.69, 9.17) is 15.8 Å². The molecule has 5 heteroatoms. The second kappa shape index (κ2) is 4.85. The first kappa shape index (κ1) is 11.1. The summed E-state index contributed by atoms with van der Waals surface area (Å²) >= 11 is 0.830. The first-order valence-corrected chi connectivity index (χ1v) is 5.06. The van der Waals surface area contributed by atoms with Crippen LogP contribution in [-0.4, -0.2) is 28.7 Å². The highest BCUT2D eigenvalue weighted by Crippen LogP contribution is 2.24. The molecule has 0 aliphatic carbocycles. The third-order valence-electron chi connectivity index (χ3n) is 1.50. The summed E-state index contributed by atoms with van der Waals surface area (Å²) in [4.78, 5) is 10.6. The summed E-state index contributed by atoms with van der Waals surface area (Å²) < 4.78 is -0.171. The molecule has 0 aromatic rings. The van der Waals surface area contributed by atoms with E-state index in [1.54, 1.807) is 7.05 Å². The fourth-order valence-electron chi connectivity index (χ4n) is 0.619. The second-order valence-electron chi connectivity index (χ2n) is 2.53. The molecular formula is C6H13ClNO2S+. The van der Waals surface area contributed by atoms with Gasteiger partial charge in [-0.25, -0.2) is 0 Å². The molecule has 0 fully saturated rings. The third-order valence-corrected chi connectivity index (χ3v) is 3.05. The van der Waals surface area contributed by atoms with Gasteiger partial charge in [-0.1, -0.05) is 13.3 Å². The highest BCUT2D eigenvalue weighted by molar-refractivity contribution is 8.16. The number of hydrogen-bond acceptors (Lipinski definition) is 2. The van der Waals surface area contributed by atoms with Crippen molar-refractivity contribution in [3.63, 3.8) is 0 Å². The van der Waals surface area contributed by atoms with E-state index in [1.807, 2.05) is 6.92 Å². The van der Waals surface area contributed by atoms with Crippen molar-refractivity contribution >= 4 is 27.9 Å². The van der Waals surface area contributed by atoms with Crippen molar-refractivity contribution in [3.05, 3.63) is 0 Å². The molecule has 1 amide bonds. The standard InChI is InChI=1S/C6H12ClNO2S/c1-3-4-5-8(2,11-7)6(9)10/h3-5H2,1-2H3/p+1. The third kappa shape index (κ3) is 3.31. The summed E-state index contributed by atoms with van der Waals surface area (Å²) in [6.45, 7) is 2.59. The molecule has 0 aromatic heterocycles. The summed E-state index contributed by atoms with van der Waals surface area (Å²) in [6, 6.07) is 0. The molecule has 1 atom stereocenters. The SMILES string of the molecule is CCCC[N+](C)(SCl)C(=O)O. The van der Waals surface area contributed by atoms with Gasteiger partial charge in [-0.05, 0) is 6.42 Å². The van der Waals surface area contributed by atoms with Gasteiger partial charge in [0, 0.05) is 10.7 Å². The predicted octanol–water partition coefficient (Wildman–Crippen LogP) is 2.71. The van der Waals surface area contributed by atoms with E-state index in [0.717, 1.165) is 24.0 Å². The van der Waals surface area contributed by atoms with E-state index in [0.29, 0.717) is 6.54 Å². The molecule has 0 rings (SSSR count). The highest BCUT2D eigenvalue weighted by atomic mass is 35.7. The summed E-state index contributed by atoms with van der Waals surface area (Å²) in [5.74, 6) is 0. The number of quaternary nitrogens is 1. The first-order valence-electron chi connectivity index (χ1n) is 3.46. The molecule has 0 aromatic carbocycles. The summed E-state index contributed by atoms with van der Waals surface area (Å²) in [6.07, 6.45) is 0.972. The van der Waals surface area contributed by atoms with Crippen LogP contribution in [0.4, 0.5) is 4.79 Å². The normalized spacial score (nSPS) is 15.9.